The minimum absolute atomic E-state index is 0.0974. The summed E-state index contributed by atoms with van der Waals surface area (Å²) < 4.78 is 0. The van der Waals surface area contributed by atoms with E-state index in [-0.39, 0.29) is 5.91 Å². The van der Waals surface area contributed by atoms with Crippen LogP contribution in [0.1, 0.15) is 58.3 Å². The molecular weight excluding hydrogens is 256 g/mol. The summed E-state index contributed by atoms with van der Waals surface area (Å²) in [5.74, 6) is -0.605. The molecule has 0 spiro atoms. The lowest BCUT2D eigenvalue weighted by Crippen LogP contribution is -2.43. The molecule has 3 atom stereocenters. The summed E-state index contributed by atoms with van der Waals surface area (Å²) in [6, 6.07) is 0.421. The van der Waals surface area contributed by atoms with Gasteiger partial charge in [0.15, 0.2) is 0 Å². The van der Waals surface area contributed by atoms with Crippen molar-refractivity contribution in [3.63, 3.8) is 0 Å². The van der Waals surface area contributed by atoms with Gasteiger partial charge in [0.25, 0.3) is 0 Å². The Balaban J connectivity index is 1.77. The van der Waals surface area contributed by atoms with Crippen LogP contribution in [-0.2, 0) is 9.59 Å². The highest BCUT2D eigenvalue weighted by Crippen LogP contribution is 2.32. The van der Waals surface area contributed by atoms with Gasteiger partial charge in [-0.25, -0.2) is 4.79 Å². The predicted octanol–water partition coefficient (Wildman–Crippen LogP) is 1.67. The van der Waals surface area contributed by atoms with E-state index in [1.54, 1.807) is 0 Å². The quantitative estimate of drug-likeness (QED) is 0.663. The van der Waals surface area contributed by atoms with Crippen molar-refractivity contribution in [2.24, 2.45) is 5.92 Å². The molecule has 2 fully saturated rings. The van der Waals surface area contributed by atoms with Crippen molar-refractivity contribution in [1.82, 2.24) is 10.6 Å². The summed E-state index contributed by atoms with van der Waals surface area (Å²) in [5.41, 5.74) is 0. The number of carbonyl (C=O) groups is 2. The molecule has 5 heteroatoms. The molecule has 0 aromatic rings. The van der Waals surface area contributed by atoms with Gasteiger partial charge in [0, 0.05) is 18.5 Å². The molecule has 2 aliphatic rings. The number of nitrogens with one attached hydrogen (secondary N) is 2. The van der Waals surface area contributed by atoms with Gasteiger partial charge in [-0.05, 0) is 38.0 Å². The van der Waals surface area contributed by atoms with Crippen LogP contribution in [0.25, 0.3) is 0 Å². The molecule has 2 aliphatic heterocycles. The Morgan fingerprint density at radius 3 is 2.50 bits per heavy atom. The summed E-state index contributed by atoms with van der Waals surface area (Å²) in [6.07, 6.45) is 7.31. The van der Waals surface area contributed by atoms with Gasteiger partial charge >= 0.3 is 5.97 Å². The number of hydrogen-bond donors (Lipinski definition) is 3. The highest BCUT2D eigenvalue weighted by Gasteiger charge is 2.34. The first-order valence-corrected chi connectivity index (χ1v) is 7.86. The van der Waals surface area contributed by atoms with Crippen LogP contribution >= 0.6 is 0 Å². The van der Waals surface area contributed by atoms with Crippen LogP contribution in [-0.4, -0.2) is 35.1 Å². The zero-order chi connectivity index (χ0) is 14.5. The zero-order valence-electron chi connectivity index (χ0n) is 12.2. The van der Waals surface area contributed by atoms with Crippen LogP contribution < -0.4 is 10.6 Å². The second kappa shape index (κ2) is 7.07. The highest BCUT2D eigenvalue weighted by atomic mass is 16.4. The molecule has 0 aliphatic carbocycles. The molecule has 1 amide bonds. The first-order valence-electron chi connectivity index (χ1n) is 7.86. The van der Waals surface area contributed by atoms with Gasteiger partial charge in [0.05, 0.1) is 0 Å². The number of unbranched alkanes of at least 4 members (excludes halogenated alkanes) is 1. The monoisotopic (exact) mass is 282 g/mol. The lowest BCUT2D eigenvalue weighted by molar-refractivity contribution is -0.142. The molecule has 2 saturated heterocycles. The fourth-order valence-corrected chi connectivity index (χ4v) is 3.52. The smallest absolute Gasteiger partial charge is 0.326 e. The molecule has 2 unspecified atom stereocenters. The molecule has 0 radical (unpaired) electrons. The van der Waals surface area contributed by atoms with Crippen LogP contribution in [0, 0.1) is 5.92 Å². The lowest BCUT2D eigenvalue weighted by Gasteiger charge is -2.29. The van der Waals surface area contributed by atoms with E-state index in [1.165, 1.54) is 12.8 Å². The maximum absolute atomic E-state index is 12.0. The molecule has 0 aromatic carbocycles. The van der Waals surface area contributed by atoms with Crippen molar-refractivity contribution in [3.8, 4) is 0 Å². The van der Waals surface area contributed by atoms with E-state index in [4.69, 9.17) is 5.11 Å². The minimum atomic E-state index is -0.919. The van der Waals surface area contributed by atoms with Gasteiger partial charge in [-0.15, -0.1) is 0 Å². The molecule has 0 saturated carbocycles. The summed E-state index contributed by atoms with van der Waals surface area (Å²) in [4.78, 5) is 23.2. The van der Waals surface area contributed by atoms with E-state index in [2.05, 4.69) is 10.6 Å². The Kier molecular flexibility index (Phi) is 5.40. The van der Waals surface area contributed by atoms with Crippen molar-refractivity contribution in [2.45, 2.75) is 76.4 Å². The number of aliphatic carboxylic acids is 1. The number of rotatable bonds is 7. The van der Waals surface area contributed by atoms with E-state index < -0.39 is 12.0 Å². The van der Waals surface area contributed by atoms with Gasteiger partial charge in [-0.3, -0.25) is 4.79 Å². The normalized spacial score (nSPS) is 29.9. The van der Waals surface area contributed by atoms with E-state index in [9.17, 15) is 9.59 Å². The largest absolute Gasteiger partial charge is 0.480 e. The predicted molar refractivity (Wildman–Crippen MR) is 76.4 cm³/mol. The number of carboxylic acid groups (broad SMARTS) is 1. The van der Waals surface area contributed by atoms with Crippen molar-refractivity contribution in [2.75, 3.05) is 0 Å². The van der Waals surface area contributed by atoms with Crippen molar-refractivity contribution in [1.29, 1.82) is 0 Å². The maximum Gasteiger partial charge on any atom is 0.326 e. The molecule has 3 N–H and O–H groups in total. The van der Waals surface area contributed by atoms with E-state index in [1.807, 2.05) is 6.92 Å². The molecule has 5 nitrogen and oxygen atoms in total. The second-order valence-corrected chi connectivity index (χ2v) is 6.28. The SMILES string of the molecule is CCCC[C@H](NC(=O)CC1CC2CCC(C1)N2)C(=O)O. The molecule has 114 valence electrons. The third-order valence-corrected chi connectivity index (χ3v) is 4.52. The van der Waals surface area contributed by atoms with Crippen LogP contribution in [0.4, 0.5) is 0 Å². The van der Waals surface area contributed by atoms with Crippen LogP contribution in [0.2, 0.25) is 0 Å². The Hall–Kier alpha value is -1.10. The molecule has 2 heterocycles. The lowest BCUT2D eigenvalue weighted by atomic mass is 9.89. The molecule has 20 heavy (non-hydrogen) atoms. The molecular formula is C15H26N2O3. The summed E-state index contributed by atoms with van der Waals surface area (Å²) in [5, 5.41) is 15.4. The topological polar surface area (TPSA) is 78.4 Å². The number of amides is 1. The fourth-order valence-electron chi connectivity index (χ4n) is 3.52. The molecule has 2 bridgehead atoms. The third-order valence-electron chi connectivity index (χ3n) is 4.52. The van der Waals surface area contributed by atoms with Gasteiger partial charge in [0.2, 0.25) is 5.91 Å². The standard InChI is InChI=1S/C15H26N2O3/c1-2-3-4-13(15(19)20)17-14(18)9-10-7-11-5-6-12(8-10)16-11/h10-13,16H,2-9H2,1H3,(H,17,18)(H,19,20)/t10?,11?,12?,13-/m0/s1. The number of hydrogen-bond acceptors (Lipinski definition) is 3. The van der Waals surface area contributed by atoms with Gasteiger partial charge < -0.3 is 15.7 Å². The van der Waals surface area contributed by atoms with Crippen LogP contribution in [0.3, 0.4) is 0 Å². The summed E-state index contributed by atoms with van der Waals surface area (Å²) in [7, 11) is 0. The Morgan fingerprint density at radius 2 is 1.95 bits per heavy atom. The third kappa shape index (κ3) is 4.20. The van der Waals surface area contributed by atoms with E-state index in [0.29, 0.717) is 30.8 Å². The van der Waals surface area contributed by atoms with E-state index >= 15 is 0 Å². The van der Waals surface area contributed by atoms with Crippen molar-refractivity contribution < 1.29 is 14.7 Å². The summed E-state index contributed by atoms with van der Waals surface area (Å²) in [6.45, 7) is 2.02. The zero-order valence-corrected chi connectivity index (χ0v) is 12.2. The highest BCUT2D eigenvalue weighted by molar-refractivity contribution is 5.83. The average molecular weight is 282 g/mol. The van der Waals surface area contributed by atoms with Gasteiger partial charge in [-0.1, -0.05) is 19.8 Å². The van der Waals surface area contributed by atoms with Crippen molar-refractivity contribution in [3.05, 3.63) is 0 Å². The van der Waals surface area contributed by atoms with Crippen molar-refractivity contribution >= 4 is 11.9 Å². The van der Waals surface area contributed by atoms with Gasteiger partial charge in [-0.2, -0.15) is 0 Å². The number of piperidine rings is 1. The average Bonchev–Trinajstić information content (AvgIpc) is 2.73. The van der Waals surface area contributed by atoms with Gasteiger partial charge in [0.1, 0.15) is 6.04 Å². The van der Waals surface area contributed by atoms with Crippen LogP contribution in [0.5, 0.6) is 0 Å². The molecule has 0 aromatic heterocycles. The Labute approximate surface area is 120 Å². The van der Waals surface area contributed by atoms with E-state index in [0.717, 1.165) is 25.7 Å². The first kappa shape index (κ1) is 15.3. The fraction of sp³-hybridized carbons (Fsp3) is 0.867. The molecule has 2 rings (SSSR count). The van der Waals surface area contributed by atoms with Crippen LogP contribution in [0.15, 0.2) is 0 Å². The Bertz CT molecular complexity index is 347. The number of carboxylic acids is 1. The Morgan fingerprint density at radius 1 is 1.30 bits per heavy atom. The maximum atomic E-state index is 12.0. The number of fused-ring (bicyclic) bond motifs is 2. The second-order valence-electron chi connectivity index (χ2n) is 6.28. The summed E-state index contributed by atoms with van der Waals surface area (Å²) >= 11 is 0. The first-order chi connectivity index (χ1) is 9.58. The minimum Gasteiger partial charge on any atom is -0.480 e. The number of carbonyl (C=O) groups excluding carboxylic acids is 1.